The first kappa shape index (κ1) is 25.9. The number of para-hydroxylation sites is 1. The molecule has 0 aliphatic rings. The molecule has 0 amide bonds. The summed E-state index contributed by atoms with van der Waals surface area (Å²) in [4.78, 5) is 13.0. The van der Waals surface area contributed by atoms with Crippen molar-refractivity contribution < 1.29 is 27.4 Å². The molecule has 3 rings (SSSR count). The molecule has 182 valence electrons. The summed E-state index contributed by atoms with van der Waals surface area (Å²) in [5.74, 6) is -0.0161. The van der Waals surface area contributed by atoms with E-state index >= 15 is 0 Å². The van der Waals surface area contributed by atoms with Gasteiger partial charge in [-0.15, -0.1) is 0 Å². The van der Waals surface area contributed by atoms with Crippen LogP contribution in [0.4, 0.5) is 18.9 Å². The largest absolute Gasteiger partial charge is 0.457 e. The highest BCUT2D eigenvalue weighted by Gasteiger charge is 2.32. The van der Waals surface area contributed by atoms with Gasteiger partial charge in [0.1, 0.15) is 23.6 Å². The highest BCUT2D eigenvalue weighted by atomic mass is 35.5. The van der Waals surface area contributed by atoms with E-state index in [1.54, 1.807) is 50.2 Å². The number of nitrogens with one attached hydrogen (secondary N) is 1. The van der Waals surface area contributed by atoms with Crippen molar-refractivity contribution in [3.05, 3.63) is 88.9 Å². The average molecular weight is 503 g/mol. The molecule has 5 nitrogen and oxygen atoms in total. The number of alkyl halides is 3. The Kier molecular flexibility index (Phi) is 8.26. The first-order valence-corrected chi connectivity index (χ1v) is 11.0. The standard InChI is InChI=1S/C26H22ClF3N2O3/c1-16(2)24(32-22-12-11-18(14-21(22)27)26(28,29)30)25(33)35-23(15-31)17-7-6-10-20(13-17)34-19-8-4-3-5-9-19/h3-14,16,23-24,32H,1-2H3/t23-,24-/m0/s1. The lowest BCUT2D eigenvalue weighted by atomic mass is 10.0. The normalized spacial score (nSPS) is 13.0. The molecule has 3 aromatic carbocycles. The molecular weight excluding hydrogens is 481 g/mol. The van der Waals surface area contributed by atoms with Gasteiger partial charge in [0.25, 0.3) is 0 Å². The monoisotopic (exact) mass is 502 g/mol. The van der Waals surface area contributed by atoms with Crippen LogP contribution in [-0.2, 0) is 15.7 Å². The van der Waals surface area contributed by atoms with Crippen LogP contribution in [-0.4, -0.2) is 12.0 Å². The number of carbonyl (C=O) groups is 1. The van der Waals surface area contributed by atoms with Crippen LogP contribution in [0.15, 0.2) is 72.8 Å². The molecular formula is C26H22ClF3N2O3. The second-order valence-corrected chi connectivity index (χ2v) is 8.40. The van der Waals surface area contributed by atoms with Gasteiger partial charge >= 0.3 is 12.1 Å². The fourth-order valence-corrected chi connectivity index (χ4v) is 3.43. The molecule has 0 fully saturated rings. The molecule has 0 spiro atoms. The van der Waals surface area contributed by atoms with Gasteiger partial charge in [-0.2, -0.15) is 18.4 Å². The summed E-state index contributed by atoms with van der Waals surface area (Å²) in [5, 5.41) is 12.3. The van der Waals surface area contributed by atoms with Gasteiger partial charge in [0.2, 0.25) is 6.10 Å². The van der Waals surface area contributed by atoms with Crippen molar-refractivity contribution in [2.75, 3.05) is 5.32 Å². The van der Waals surface area contributed by atoms with Crippen LogP contribution in [0.1, 0.15) is 31.1 Å². The summed E-state index contributed by atoms with van der Waals surface area (Å²) in [5.41, 5.74) is -0.356. The van der Waals surface area contributed by atoms with Crippen molar-refractivity contribution in [3.63, 3.8) is 0 Å². The van der Waals surface area contributed by atoms with Crippen molar-refractivity contribution >= 4 is 23.3 Å². The quantitative estimate of drug-likeness (QED) is 0.325. The lowest BCUT2D eigenvalue weighted by molar-refractivity contribution is -0.149. The van der Waals surface area contributed by atoms with Crippen LogP contribution in [0.3, 0.4) is 0 Å². The summed E-state index contributed by atoms with van der Waals surface area (Å²) in [6.45, 7) is 3.46. The lowest BCUT2D eigenvalue weighted by Gasteiger charge is -2.24. The van der Waals surface area contributed by atoms with Gasteiger partial charge in [0.05, 0.1) is 16.3 Å². The van der Waals surface area contributed by atoms with Gasteiger partial charge in [0.15, 0.2) is 0 Å². The van der Waals surface area contributed by atoms with E-state index in [9.17, 15) is 23.2 Å². The number of rotatable bonds is 8. The maximum Gasteiger partial charge on any atom is 0.416 e. The van der Waals surface area contributed by atoms with Gasteiger partial charge < -0.3 is 14.8 Å². The predicted molar refractivity (Wildman–Crippen MR) is 126 cm³/mol. The maximum atomic E-state index is 13.0. The van der Waals surface area contributed by atoms with Gasteiger partial charge in [0, 0.05) is 5.56 Å². The van der Waals surface area contributed by atoms with E-state index in [4.69, 9.17) is 21.1 Å². The molecule has 1 N–H and O–H groups in total. The number of nitrogens with zero attached hydrogens (tertiary/aromatic N) is 1. The van der Waals surface area contributed by atoms with E-state index in [-0.39, 0.29) is 16.6 Å². The van der Waals surface area contributed by atoms with Gasteiger partial charge in [-0.05, 0) is 48.4 Å². The molecule has 9 heteroatoms. The third kappa shape index (κ3) is 6.90. The molecule has 0 aliphatic heterocycles. The van der Waals surface area contributed by atoms with Crippen LogP contribution < -0.4 is 10.1 Å². The second-order valence-electron chi connectivity index (χ2n) is 7.99. The summed E-state index contributed by atoms with van der Waals surface area (Å²) >= 11 is 6.02. The molecule has 0 heterocycles. The van der Waals surface area contributed by atoms with Crippen LogP contribution in [0.25, 0.3) is 0 Å². The number of carbonyl (C=O) groups excluding carboxylic acids is 1. The highest BCUT2D eigenvalue weighted by Crippen LogP contribution is 2.34. The molecule has 0 unspecified atom stereocenters. The lowest BCUT2D eigenvalue weighted by Crippen LogP contribution is -2.36. The van der Waals surface area contributed by atoms with Crippen LogP contribution in [0, 0.1) is 17.2 Å². The number of hydrogen-bond acceptors (Lipinski definition) is 5. The van der Waals surface area contributed by atoms with Crippen molar-refractivity contribution in [2.24, 2.45) is 5.92 Å². The molecule has 0 saturated carbocycles. The van der Waals surface area contributed by atoms with Gasteiger partial charge in [-0.25, -0.2) is 4.79 Å². The summed E-state index contributed by atoms with van der Waals surface area (Å²) in [7, 11) is 0. The molecule has 2 atom stereocenters. The minimum Gasteiger partial charge on any atom is -0.457 e. The number of anilines is 1. The molecule has 35 heavy (non-hydrogen) atoms. The molecule has 0 aliphatic carbocycles. The zero-order valence-electron chi connectivity index (χ0n) is 18.8. The Morgan fingerprint density at radius 3 is 2.29 bits per heavy atom. The van der Waals surface area contributed by atoms with E-state index in [0.717, 1.165) is 18.2 Å². The Labute approximate surface area is 206 Å². The summed E-state index contributed by atoms with van der Waals surface area (Å²) < 4.78 is 50.0. The van der Waals surface area contributed by atoms with E-state index in [2.05, 4.69) is 5.32 Å². The maximum absolute atomic E-state index is 13.0. The fourth-order valence-electron chi connectivity index (χ4n) is 3.20. The minimum atomic E-state index is -4.54. The zero-order chi connectivity index (χ0) is 25.6. The smallest absolute Gasteiger partial charge is 0.416 e. The number of hydrogen-bond donors (Lipinski definition) is 1. The van der Waals surface area contributed by atoms with E-state index in [1.807, 2.05) is 24.3 Å². The predicted octanol–water partition coefficient (Wildman–Crippen LogP) is 7.40. The summed E-state index contributed by atoms with van der Waals surface area (Å²) in [6.07, 6.45) is -5.77. The number of halogens is 4. The Bertz CT molecular complexity index is 1210. The molecule has 0 bridgehead atoms. The van der Waals surface area contributed by atoms with E-state index in [1.165, 1.54) is 0 Å². The zero-order valence-corrected chi connectivity index (χ0v) is 19.6. The topological polar surface area (TPSA) is 71.3 Å². The van der Waals surface area contributed by atoms with Gasteiger partial charge in [-0.3, -0.25) is 0 Å². The molecule has 0 saturated heterocycles. The number of esters is 1. The molecule has 0 radical (unpaired) electrons. The Balaban J connectivity index is 1.75. The van der Waals surface area contributed by atoms with Crippen LogP contribution >= 0.6 is 11.6 Å². The first-order valence-electron chi connectivity index (χ1n) is 10.6. The molecule has 3 aromatic rings. The second kappa shape index (κ2) is 11.2. The van der Waals surface area contributed by atoms with E-state index < -0.39 is 29.9 Å². The van der Waals surface area contributed by atoms with Crippen molar-refractivity contribution in [2.45, 2.75) is 32.2 Å². The summed E-state index contributed by atoms with van der Waals surface area (Å²) in [6, 6.07) is 19.4. The van der Waals surface area contributed by atoms with Crippen LogP contribution in [0.5, 0.6) is 11.5 Å². The van der Waals surface area contributed by atoms with Crippen molar-refractivity contribution in [1.29, 1.82) is 5.26 Å². The van der Waals surface area contributed by atoms with Gasteiger partial charge in [-0.1, -0.05) is 55.8 Å². The third-order valence-electron chi connectivity index (χ3n) is 5.02. The third-order valence-corrected chi connectivity index (χ3v) is 5.33. The Morgan fingerprint density at radius 1 is 1.00 bits per heavy atom. The van der Waals surface area contributed by atoms with Crippen LogP contribution in [0.2, 0.25) is 5.02 Å². The average Bonchev–Trinajstić information content (AvgIpc) is 2.81. The first-order chi connectivity index (χ1) is 16.6. The fraction of sp³-hybridized carbons (Fsp3) is 0.231. The van der Waals surface area contributed by atoms with Crippen molar-refractivity contribution in [3.8, 4) is 17.6 Å². The van der Waals surface area contributed by atoms with Crippen molar-refractivity contribution in [1.82, 2.24) is 0 Å². The molecule has 0 aromatic heterocycles. The van der Waals surface area contributed by atoms with E-state index in [0.29, 0.717) is 17.1 Å². The number of nitriles is 1. The Hall–Kier alpha value is -3.70. The number of benzene rings is 3. The number of ether oxygens (including phenoxy) is 2. The highest BCUT2D eigenvalue weighted by molar-refractivity contribution is 6.33. The minimum absolute atomic E-state index is 0.141. The Morgan fingerprint density at radius 2 is 1.69 bits per heavy atom. The SMILES string of the molecule is CC(C)[C@H](Nc1ccc(C(F)(F)F)cc1Cl)C(=O)O[C@@H](C#N)c1cccc(Oc2ccccc2)c1.